The maximum absolute atomic E-state index is 12.2. The number of aliphatic hydroxyl groups excluding tert-OH is 1. The standard InChI is InChI=1S/C14H24N2O4S/c1-11-2-3-16(12(11)8-17)14(19)10-21-9-13(18)15-4-6-20-7-5-15/h11-12,17H,2-10H2,1H3. The van der Waals surface area contributed by atoms with Crippen molar-refractivity contribution in [3.8, 4) is 0 Å². The van der Waals surface area contributed by atoms with Gasteiger partial charge in [-0.2, -0.15) is 0 Å². The van der Waals surface area contributed by atoms with Crippen LogP contribution in [0.5, 0.6) is 0 Å². The van der Waals surface area contributed by atoms with Crippen LogP contribution in [0.25, 0.3) is 0 Å². The number of hydrogen-bond acceptors (Lipinski definition) is 5. The molecule has 1 N–H and O–H groups in total. The highest BCUT2D eigenvalue weighted by Gasteiger charge is 2.33. The van der Waals surface area contributed by atoms with Crippen LogP contribution in [0.2, 0.25) is 0 Å². The zero-order valence-electron chi connectivity index (χ0n) is 12.5. The van der Waals surface area contributed by atoms with Crippen LogP contribution in [0.3, 0.4) is 0 Å². The van der Waals surface area contributed by atoms with Gasteiger partial charge in [0.15, 0.2) is 0 Å². The predicted octanol–water partition coefficient (Wildman–Crippen LogP) is -0.192. The number of carbonyl (C=O) groups is 2. The maximum atomic E-state index is 12.2. The van der Waals surface area contributed by atoms with Crippen LogP contribution in [-0.2, 0) is 14.3 Å². The van der Waals surface area contributed by atoms with E-state index in [2.05, 4.69) is 6.92 Å². The average molecular weight is 316 g/mol. The number of amides is 2. The smallest absolute Gasteiger partial charge is 0.232 e. The van der Waals surface area contributed by atoms with Gasteiger partial charge in [0, 0.05) is 19.6 Å². The Morgan fingerprint density at radius 1 is 1.19 bits per heavy atom. The molecule has 0 saturated carbocycles. The lowest BCUT2D eigenvalue weighted by atomic mass is 10.0. The summed E-state index contributed by atoms with van der Waals surface area (Å²) < 4.78 is 5.21. The van der Waals surface area contributed by atoms with Crippen LogP contribution < -0.4 is 0 Å². The van der Waals surface area contributed by atoms with Crippen LogP contribution in [-0.4, -0.2) is 83.7 Å². The van der Waals surface area contributed by atoms with E-state index in [9.17, 15) is 14.7 Å². The molecule has 0 aromatic carbocycles. The first-order chi connectivity index (χ1) is 10.1. The largest absolute Gasteiger partial charge is 0.394 e. The summed E-state index contributed by atoms with van der Waals surface area (Å²) in [7, 11) is 0. The molecule has 2 amide bonds. The molecule has 2 aliphatic rings. The van der Waals surface area contributed by atoms with Crippen molar-refractivity contribution in [3.63, 3.8) is 0 Å². The van der Waals surface area contributed by atoms with Crippen molar-refractivity contribution in [2.45, 2.75) is 19.4 Å². The molecular formula is C14H24N2O4S. The Bertz CT molecular complexity index is 374. The van der Waals surface area contributed by atoms with E-state index in [1.165, 1.54) is 11.8 Å². The maximum Gasteiger partial charge on any atom is 0.232 e. The molecule has 120 valence electrons. The van der Waals surface area contributed by atoms with Crippen LogP contribution in [0, 0.1) is 5.92 Å². The van der Waals surface area contributed by atoms with Crippen LogP contribution in [0.1, 0.15) is 13.3 Å². The molecular weight excluding hydrogens is 292 g/mol. The Morgan fingerprint density at radius 2 is 1.86 bits per heavy atom. The Labute approximate surface area is 129 Å². The van der Waals surface area contributed by atoms with Crippen LogP contribution in [0.4, 0.5) is 0 Å². The fraction of sp³-hybridized carbons (Fsp3) is 0.857. The number of thioether (sulfide) groups is 1. The van der Waals surface area contributed by atoms with Gasteiger partial charge in [0.05, 0.1) is 37.4 Å². The second-order valence-corrected chi connectivity index (χ2v) is 6.57. The number of rotatable bonds is 5. The van der Waals surface area contributed by atoms with Gasteiger partial charge >= 0.3 is 0 Å². The Morgan fingerprint density at radius 3 is 2.52 bits per heavy atom. The summed E-state index contributed by atoms with van der Waals surface area (Å²) in [5, 5.41) is 9.37. The summed E-state index contributed by atoms with van der Waals surface area (Å²) >= 11 is 1.36. The number of ether oxygens (including phenoxy) is 1. The van der Waals surface area contributed by atoms with Gasteiger partial charge < -0.3 is 19.6 Å². The van der Waals surface area contributed by atoms with Gasteiger partial charge in [0.25, 0.3) is 0 Å². The summed E-state index contributed by atoms with van der Waals surface area (Å²) in [6, 6.07) is -0.0620. The molecule has 2 saturated heterocycles. The van der Waals surface area contributed by atoms with Crippen molar-refractivity contribution in [1.29, 1.82) is 0 Å². The lowest BCUT2D eigenvalue weighted by Gasteiger charge is -2.27. The van der Waals surface area contributed by atoms with Gasteiger partial charge in [0.1, 0.15) is 0 Å². The predicted molar refractivity (Wildman–Crippen MR) is 81.1 cm³/mol. The molecule has 2 unspecified atom stereocenters. The highest BCUT2D eigenvalue weighted by molar-refractivity contribution is 8.00. The molecule has 6 nitrogen and oxygen atoms in total. The second-order valence-electron chi connectivity index (χ2n) is 5.59. The van der Waals surface area contributed by atoms with E-state index in [0.717, 1.165) is 6.42 Å². The molecule has 0 aromatic rings. The van der Waals surface area contributed by atoms with Gasteiger partial charge in [-0.15, -0.1) is 11.8 Å². The van der Waals surface area contributed by atoms with E-state index < -0.39 is 0 Å². The lowest BCUT2D eigenvalue weighted by molar-refractivity contribution is -0.132. The molecule has 0 bridgehead atoms. The topological polar surface area (TPSA) is 70.1 Å². The third kappa shape index (κ3) is 4.34. The summed E-state index contributed by atoms with van der Waals surface area (Å²) in [4.78, 5) is 27.7. The fourth-order valence-corrected chi connectivity index (χ4v) is 3.61. The van der Waals surface area contributed by atoms with E-state index in [4.69, 9.17) is 4.74 Å². The zero-order valence-corrected chi connectivity index (χ0v) is 13.3. The highest BCUT2D eigenvalue weighted by Crippen LogP contribution is 2.24. The van der Waals surface area contributed by atoms with Crippen molar-refractivity contribution in [2.24, 2.45) is 5.92 Å². The van der Waals surface area contributed by atoms with Gasteiger partial charge in [-0.1, -0.05) is 6.92 Å². The van der Waals surface area contributed by atoms with Crippen molar-refractivity contribution < 1.29 is 19.4 Å². The quantitative estimate of drug-likeness (QED) is 0.761. The SMILES string of the molecule is CC1CCN(C(=O)CSCC(=O)N2CCOCC2)C1CO. The number of aliphatic hydroxyl groups is 1. The van der Waals surface area contributed by atoms with Gasteiger partial charge in [-0.3, -0.25) is 9.59 Å². The molecule has 2 atom stereocenters. The molecule has 7 heteroatoms. The third-order valence-electron chi connectivity index (χ3n) is 4.20. The minimum Gasteiger partial charge on any atom is -0.394 e. The average Bonchev–Trinajstić information content (AvgIpc) is 2.88. The monoisotopic (exact) mass is 316 g/mol. The van der Waals surface area contributed by atoms with Crippen LogP contribution >= 0.6 is 11.8 Å². The van der Waals surface area contributed by atoms with Crippen molar-refractivity contribution >= 4 is 23.6 Å². The fourth-order valence-electron chi connectivity index (χ4n) is 2.81. The molecule has 0 aliphatic carbocycles. The summed E-state index contributed by atoms with van der Waals surface area (Å²) in [6.07, 6.45) is 0.939. The summed E-state index contributed by atoms with van der Waals surface area (Å²) in [6.45, 7) is 5.27. The Hall–Kier alpha value is -0.790. The third-order valence-corrected chi connectivity index (χ3v) is 5.11. The van der Waals surface area contributed by atoms with Crippen molar-refractivity contribution in [1.82, 2.24) is 9.80 Å². The van der Waals surface area contributed by atoms with E-state index in [0.29, 0.717) is 50.3 Å². The molecule has 2 rings (SSSR count). The molecule has 2 aliphatic heterocycles. The molecule has 21 heavy (non-hydrogen) atoms. The van der Waals surface area contributed by atoms with Gasteiger partial charge in [-0.05, 0) is 12.3 Å². The van der Waals surface area contributed by atoms with Crippen molar-refractivity contribution in [3.05, 3.63) is 0 Å². The Balaban J connectivity index is 1.70. The van der Waals surface area contributed by atoms with E-state index in [-0.39, 0.29) is 24.5 Å². The highest BCUT2D eigenvalue weighted by atomic mass is 32.2. The number of hydrogen-bond donors (Lipinski definition) is 1. The normalized spacial score (nSPS) is 26.2. The number of nitrogens with zero attached hydrogens (tertiary/aromatic N) is 2. The van der Waals surface area contributed by atoms with Crippen molar-refractivity contribution in [2.75, 3.05) is 51.0 Å². The summed E-state index contributed by atoms with van der Waals surface area (Å²) in [5.74, 6) is 1.08. The second kappa shape index (κ2) is 8.00. The van der Waals surface area contributed by atoms with E-state index in [1.54, 1.807) is 9.80 Å². The minimum atomic E-state index is -0.0620. The first-order valence-corrected chi connectivity index (χ1v) is 8.62. The molecule has 2 fully saturated rings. The van der Waals surface area contributed by atoms with E-state index >= 15 is 0 Å². The summed E-state index contributed by atoms with van der Waals surface area (Å²) in [5.41, 5.74) is 0. The number of morpholine rings is 1. The number of carbonyl (C=O) groups excluding carboxylic acids is 2. The Kier molecular flexibility index (Phi) is 6.32. The molecule has 0 radical (unpaired) electrons. The molecule has 0 aromatic heterocycles. The molecule has 2 heterocycles. The zero-order chi connectivity index (χ0) is 15.2. The first-order valence-electron chi connectivity index (χ1n) is 7.47. The lowest BCUT2D eigenvalue weighted by Crippen LogP contribution is -2.42. The van der Waals surface area contributed by atoms with E-state index in [1.807, 2.05) is 0 Å². The van der Waals surface area contributed by atoms with Gasteiger partial charge in [-0.25, -0.2) is 0 Å². The van der Waals surface area contributed by atoms with Crippen LogP contribution in [0.15, 0.2) is 0 Å². The van der Waals surface area contributed by atoms with Gasteiger partial charge in [0.2, 0.25) is 11.8 Å². The number of likely N-dealkylation sites (tertiary alicyclic amines) is 1. The first kappa shape index (κ1) is 16.6. The minimum absolute atomic E-state index is 0.0181. The molecule has 0 spiro atoms.